The van der Waals surface area contributed by atoms with Gasteiger partial charge in [-0.25, -0.2) is 0 Å². The standard InChI is InChI=1S/C16H19NO2/c18-13-8-6-12(7-9-13)17-16(19)15-10-14(15)11-4-2-1-3-5-11/h1-5,12,14-15H,6-10H2,(H,17,19). The van der Waals surface area contributed by atoms with E-state index in [4.69, 9.17) is 0 Å². The molecule has 2 aliphatic carbocycles. The summed E-state index contributed by atoms with van der Waals surface area (Å²) >= 11 is 0. The maximum Gasteiger partial charge on any atom is 0.223 e. The van der Waals surface area contributed by atoms with E-state index in [2.05, 4.69) is 17.4 Å². The fourth-order valence-corrected chi connectivity index (χ4v) is 2.95. The highest BCUT2D eigenvalue weighted by Crippen LogP contribution is 2.47. The van der Waals surface area contributed by atoms with Gasteiger partial charge in [-0.2, -0.15) is 0 Å². The van der Waals surface area contributed by atoms with E-state index in [1.165, 1.54) is 5.56 Å². The highest BCUT2D eigenvalue weighted by Gasteiger charge is 2.44. The second kappa shape index (κ2) is 5.16. The smallest absolute Gasteiger partial charge is 0.223 e. The minimum absolute atomic E-state index is 0.139. The van der Waals surface area contributed by atoms with Gasteiger partial charge >= 0.3 is 0 Å². The Balaban J connectivity index is 1.51. The molecule has 3 rings (SSSR count). The number of benzene rings is 1. The summed E-state index contributed by atoms with van der Waals surface area (Å²) < 4.78 is 0. The van der Waals surface area contributed by atoms with Crippen molar-refractivity contribution in [2.75, 3.05) is 0 Å². The number of nitrogens with one attached hydrogen (secondary N) is 1. The molecule has 3 heteroatoms. The quantitative estimate of drug-likeness (QED) is 0.904. The van der Waals surface area contributed by atoms with E-state index in [0.717, 1.165) is 19.3 Å². The zero-order chi connectivity index (χ0) is 13.2. The van der Waals surface area contributed by atoms with Gasteiger partial charge in [-0.05, 0) is 30.7 Å². The van der Waals surface area contributed by atoms with Crippen molar-refractivity contribution in [2.45, 2.75) is 44.1 Å². The summed E-state index contributed by atoms with van der Waals surface area (Å²) in [6, 6.07) is 10.4. The van der Waals surface area contributed by atoms with Crippen molar-refractivity contribution >= 4 is 11.7 Å². The van der Waals surface area contributed by atoms with Crippen LogP contribution in [0.15, 0.2) is 30.3 Å². The first-order chi connectivity index (χ1) is 9.24. The van der Waals surface area contributed by atoms with E-state index in [0.29, 0.717) is 24.5 Å². The Morgan fingerprint density at radius 2 is 1.79 bits per heavy atom. The second-order valence-electron chi connectivity index (χ2n) is 5.68. The molecule has 2 saturated carbocycles. The van der Waals surface area contributed by atoms with Crippen LogP contribution in [0, 0.1) is 5.92 Å². The minimum atomic E-state index is 0.139. The van der Waals surface area contributed by atoms with Crippen molar-refractivity contribution in [3.05, 3.63) is 35.9 Å². The SMILES string of the molecule is O=C1CCC(NC(=O)C2CC2c2ccccc2)CC1. The van der Waals surface area contributed by atoms with Crippen molar-refractivity contribution in [1.82, 2.24) is 5.32 Å². The number of amides is 1. The van der Waals surface area contributed by atoms with Gasteiger partial charge < -0.3 is 5.32 Å². The number of carbonyl (C=O) groups is 2. The molecule has 0 spiro atoms. The van der Waals surface area contributed by atoms with Gasteiger partial charge in [0.2, 0.25) is 5.91 Å². The van der Waals surface area contributed by atoms with E-state index in [1.54, 1.807) is 0 Å². The van der Waals surface area contributed by atoms with E-state index in [-0.39, 0.29) is 17.9 Å². The predicted octanol–water partition coefficient (Wildman–Crippen LogP) is 2.42. The maximum absolute atomic E-state index is 12.1. The predicted molar refractivity (Wildman–Crippen MR) is 72.7 cm³/mol. The van der Waals surface area contributed by atoms with Crippen molar-refractivity contribution in [3.63, 3.8) is 0 Å². The third kappa shape index (κ3) is 2.86. The summed E-state index contributed by atoms with van der Waals surface area (Å²) in [7, 11) is 0. The summed E-state index contributed by atoms with van der Waals surface area (Å²) in [4.78, 5) is 23.3. The highest BCUT2D eigenvalue weighted by atomic mass is 16.2. The summed E-state index contributed by atoms with van der Waals surface area (Å²) in [5, 5.41) is 3.11. The fourth-order valence-electron chi connectivity index (χ4n) is 2.95. The van der Waals surface area contributed by atoms with Crippen molar-refractivity contribution in [1.29, 1.82) is 0 Å². The molecule has 100 valence electrons. The fraction of sp³-hybridized carbons (Fsp3) is 0.500. The van der Waals surface area contributed by atoms with Crippen molar-refractivity contribution in [3.8, 4) is 0 Å². The average molecular weight is 257 g/mol. The third-order valence-electron chi connectivity index (χ3n) is 4.24. The summed E-state index contributed by atoms with van der Waals surface area (Å²) in [6.07, 6.45) is 3.83. The number of hydrogen-bond acceptors (Lipinski definition) is 2. The minimum Gasteiger partial charge on any atom is -0.353 e. The normalized spacial score (nSPS) is 27.1. The van der Waals surface area contributed by atoms with Gasteiger partial charge in [-0.1, -0.05) is 30.3 Å². The molecule has 2 atom stereocenters. The molecule has 2 fully saturated rings. The number of hydrogen-bond donors (Lipinski definition) is 1. The lowest BCUT2D eigenvalue weighted by atomic mass is 9.94. The Kier molecular flexibility index (Phi) is 3.36. The van der Waals surface area contributed by atoms with Crippen LogP contribution < -0.4 is 5.32 Å². The molecule has 1 amide bonds. The Morgan fingerprint density at radius 3 is 2.47 bits per heavy atom. The molecule has 0 aliphatic heterocycles. The van der Waals surface area contributed by atoms with Gasteiger partial charge in [0.25, 0.3) is 0 Å². The van der Waals surface area contributed by atoms with Gasteiger partial charge in [0, 0.05) is 24.8 Å². The van der Waals surface area contributed by atoms with E-state index < -0.39 is 0 Å². The lowest BCUT2D eigenvalue weighted by Gasteiger charge is -2.22. The summed E-state index contributed by atoms with van der Waals surface area (Å²) in [5.41, 5.74) is 1.27. The Hall–Kier alpha value is -1.64. The molecule has 0 saturated heterocycles. The van der Waals surface area contributed by atoms with Crippen LogP contribution in [-0.4, -0.2) is 17.7 Å². The van der Waals surface area contributed by atoms with Crippen LogP contribution in [0.2, 0.25) is 0 Å². The molecule has 2 aliphatic rings. The molecule has 0 aromatic heterocycles. The van der Waals surface area contributed by atoms with Gasteiger partial charge in [0.15, 0.2) is 0 Å². The molecule has 1 aromatic carbocycles. The van der Waals surface area contributed by atoms with Crippen LogP contribution >= 0.6 is 0 Å². The van der Waals surface area contributed by atoms with E-state index >= 15 is 0 Å². The molecular formula is C16H19NO2. The van der Waals surface area contributed by atoms with E-state index in [9.17, 15) is 9.59 Å². The Bertz CT molecular complexity index is 473. The van der Waals surface area contributed by atoms with Crippen LogP contribution in [0.25, 0.3) is 0 Å². The number of Topliss-reactive ketones (excluding diaryl/α,β-unsaturated/α-hetero) is 1. The van der Waals surface area contributed by atoms with Crippen LogP contribution in [0.5, 0.6) is 0 Å². The van der Waals surface area contributed by atoms with Gasteiger partial charge in [0.05, 0.1) is 0 Å². The molecule has 0 bridgehead atoms. The largest absolute Gasteiger partial charge is 0.353 e. The Morgan fingerprint density at radius 1 is 1.11 bits per heavy atom. The molecule has 1 N–H and O–H groups in total. The lowest BCUT2D eigenvalue weighted by molar-refractivity contribution is -0.125. The molecule has 19 heavy (non-hydrogen) atoms. The molecular weight excluding hydrogens is 238 g/mol. The first-order valence-corrected chi connectivity index (χ1v) is 7.11. The van der Waals surface area contributed by atoms with Crippen LogP contribution in [0.4, 0.5) is 0 Å². The first kappa shape index (κ1) is 12.4. The molecule has 0 radical (unpaired) electrons. The average Bonchev–Trinajstić information content (AvgIpc) is 3.23. The monoisotopic (exact) mass is 257 g/mol. The van der Waals surface area contributed by atoms with Crippen molar-refractivity contribution in [2.24, 2.45) is 5.92 Å². The number of ketones is 1. The molecule has 3 nitrogen and oxygen atoms in total. The lowest BCUT2D eigenvalue weighted by Crippen LogP contribution is -2.38. The first-order valence-electron chi connectivity index (χ1n) is 7.11. The van der Waals surface area contributed by atoms with E-state index in [1.807, 2.05) is 18.2 Å². The number of carbonyl (C=O) groups excluding carboxylic acids is 2. The maximum atomic E-state index is 12.1. The Labute approximate surface area is 113 Å². The second-order valence-corrected chi connectivity index (χ2v) is 5.68. The van der Waals surface area contributed by atoms with Crippen molar-refractivity contribution < 1.29 is 9.59 Å². The third-order valence-corrected chi connectivity index (χ3v) is 4.24. The number of rotatable bonds is 3. The van der Waals surface area contributed by atoms with Gasteiger partial charge in [-0.15, -0.1) is 0 Å². The van der Waals surface area contributed by atoms with Crippen LogP contribution in [0.1, 0.15) is 43.6 Å². The summed E-state index contributed by atoms with van der Waals surface area (Å²) in [5.74, 6) is 1.04. The zero-order valence-electron chi connectivity index (χ0n) is 11.0. The zero-order valence-corrected chi connectivity index (χ0v) is 11.0. The molecule has 2 unspecified atom stereocenters. The topological polar surface area (TPSA) is 46.2 Å². The highest BCUT2D eigenvalue weighted by molar-refractivity contribution is 5.84. The summed E-state index contributed by atoms with van der Waals surface area (Å²) in [6.45, 7) is 0. The van der Waals surface area contributed by atoms with Gasteiger partial charge in [0.1, 0.15) is 5.78 Å². The molecule has 0 heterocycles. The van der Waals surface area contributed by atoms with Gasteiger partial charge in [-0.3, -0.25) is 9.59 Å². The molecule has 1 aromatic rings. The van der Waals surface area contributed by atoms with Crippen LogP contribution in [-0.2, 0) is 9.59 Å². The van der Waals surface area contributed by atoms with Crippen LogP contribution in [0.3, 0.4) is 0 Å².